The van der Waals surface area contributed by atoms with Gasteiger partial charge < -0.3 is 9.26 Å². The number of thioether (sulfide) groups is 1. The number of aromatic nitrogens is 1. The van der Waals surface area contributed by atoms with Crippen molar-refractivity contribution < 1.29 is 23.6 Å². The van der Waals surface area contributed by atoms with Crippen molar-refractivity contribution in [2.45, 2.75) is 19.6 Å². The number of hydrogen-bond acceptors (Lipinski definition) is 7. The fourth-order valence-corrected chi connectivity index (χ4v) is 3.45. The number of rotatable bonds is 6. The number of imide groups is 1. The van der Waals surface area contributed by atoms with E-state index in [0.29, 0.717) is 16.9 Å². The van der Waals surface area contributed by atoms with Gasteiger partial charge in [-0.25, -0.2) is 4.90 Å². The average molecular weight is 360 g/mol. The molecule has 0 saturated heterocycles. The number of carbonyl (C=O) groups is 3. The molecule has 0 radical (unpaired) electrons. The minimum Gasteiger partial charge on any atom is -0.443 e. The average Bonchev–Trinajstić information content (AvgIpc) is 3.05. The van der Waals surface area contributed by atoms with Crippen molar-refractivity contribution >= 4 is 29.5 Å². The van der Waals surface area contributed by atoms with Crippen molar-refractivity contribution in [3.8, 4) is 0 Å². The highest BCUT2D eigenvalue weighted by Crippen LogP contribution is 2.22. The summed E-state index contributed by atoms with van der Waals surface area (Å²) in [7, 11) is 0. The zero-order valence-corrected chi connectivity index (χ0v) is 14.6. The van der Waals surface area contributed by atoms with Gasteiger partial charge in [0.05, 0.1) is 22.6 Å². The second-order valence-corrected chi connectivity index (χ2v) is 6.51. The summed E-state index contributed by atoms with van der Waals surface area (Å²) in [4.78, 5) is 37.1. The predicted molar refractivity (Wildman–Crippen MR) is 90.0 cm³/mol. The quantitative estimate of drug-likeness (QED) is 0.577. The van der Waals surface area contributed by atoms with Crippen LogP contribution >= 0.6 is 11.8 Å². The minimum absolute atomic E-state index is 0.104. The fraction of sp³-hybridized carbons (Fsp3) is 0.294. The molecule has 0 N–H and O–H groups in total. The summed E-state index contributed by atoms with van der Waals surface area (Å²) in [5.74, 6) is 0.0162. The van der Waals surface area contributed by atoms with Crippen LogP contribution in [-0.2, 0) is 15.3 Å². The van der Waals surface area contributed by atoms with Crippen molar-refractivity contribution in [2.24, 2.45) is 0 Å². The first-order valence-electron chi connectivity index (χ1n) is 7.59. The minimum atomic E-state index is -0.492. The number of carbonyl (C=O) groups excluding carboxylic acids is 3. The normalized spacial score (nSPS) is 13.3. The van der Waals surface area contributed by atoms with Crippen LogP contribution in [0.15, 0.2) is 28.8 Å². The maximum Gasteiger partial charge on any atom is 0.317 e. The summed E-state index contributed by atoms with van der Waals surface area (Å²) >= 11 is 1.36. The maximum atomic E-state index is 12.2. The number of hydrogen-bond donors (Lipinski definition) is 0. The number of ether oxygens (including phenoxy) is 1. The molecule has 0 fully saturated rings. The molecule has 0 atom stereocenters. The molecule has 3 rings (SSSR count). The summed E-state index contributed by atoms with van der Waals surface area (Å²) < 4.78 is 10.1. The number of aryl methyl sites for hydroxylation is 2. The van der Waals surface area contributed by atoms with Gasteiger partial charge in [0.15, 0.2) is 6.73 Å². The van der Waals surface area contributed by atoms with E-state index in [1.54, 1.807) is 24.3 Å². The molecule has 1 aromatic heterocycles. The molecule has 0 unspecified atom stereocenters. The van der Waals surface area contributed by atoms with Gasteiger partial charge in [-0.15, -0.1) is 11.8 Å². The Kier molecular flexibility index (Phi) is 4.89. The van der Waals surface area contributed by atoms with Crippen molar-refractivity contribution in [3.05, 3.63) is 52.4 Å². The van der Waals surface area contributed by atoms with Gasteiger partial charge in [-0.05, 0) is 26.0 Å². The van der Waals surface area contributed by atoms with Gasteiger partial charge in [-0.3, -0.25) is 14.4 Å². The van der Waals surface area contributed by atoms with Crippen LogP contribution in [-0.4, -0.2) is 40.3 Å². The third-order valence-electron chi connectivity index (χ3n) is 3.88. The third kappa shape index (κ3) is 3.43. The lowest BCUT2D eigenvalue weighted by Crippen LogP contribution is -2.33. The summed E-state index contributed by atoms with van der Waals surface area (Å²) in [6, 6.07) is 6.53. The summed E-state index contributed by atoms with van der Waals surface area (Å²) in [6.07, 6.45) is 0. The van der Waals surface area contributed by atoms with Crippen LogP contribution in [0.4, 0.5) is 0 Å². The Balaban J connectivity index is 1.49. The number of benzene rings is 1. The molecule has 0 aliphatic carbocycles. The summed E-state index contributed by atoms with van der Waals surface area (Å²) in [6.45, 7) is 3.28. The van der Waals surface area contributed by atoms with E-state index in [2.05, 4.69) is 5.16 Å². The zero-order chi connectivity index (χ0) is 18.0. The first kappa shape index (κ1) is 17.2. The first-order chi connectivity index (χ1) is 12.0. The SMILES string of the molecule is Cc1noc(C)c1CSCC(=O)OCN1C(=O)c2ccccc2C1=O. The molecule has 0 saturated carbocycles. The van der Waals surface area contributed by atoms with Crippen molar-refractivity contribution in [1.82, 2.24) is 10.1 Å². The van der Waals surface area contributed by atoms with Gasteiger partial charge in [0.2, 0.25) is 0 Å². The molecule has 8 heteroatoms. The lowest BCUT2D eigenvalue weighted by molar-refractivity contribution is -0.142. The van der Waals surface area contributed by atoms with Crippen LogP contribution in [0.25, 0.3) is 0 Å². The topological polar surface area (TPSA) is 89.7 Å². The smallest absolute Gasteiger partial charge is 0.317 e. The van der Waals surface area contributed by atoms with Crippen LogP contribution < -0.4 is 0 Å². The lowest BCUT2D eigenvalue weighted by atomic mass is 10.1. The van der Waals surface area contributed by atoms with E-state index in [0.717, 1.165) is 21.9 Å². The van der Waals surface area contributed by atoms with Gasteiger partial charge in [0.25, 0.3) is 11.8 Å². The van der Waals surface area contributed by atoms with Gasteiger partial charge >= 0.3 is 5.97 Å². The number of amides is 2. The predicted octanol–water partition coefficient (Wildman–Crippen LogP) is 2.32. The standard InChI is InChI=1S/C17H16N2O5S/c1-10-14(11(2)24-18-10)7-25-8-15(20)23-9-19-16(21)12-5-3-4-6-13(12)17(19)22/h3-6H,7-9H2,1-2H3. The molecule has 0 spiro atoms. The Morgan fingerprint density at radius 1 is 1.20 bits per heavy atom. The third-order valence-corrected chi connectivity index (χ3v) is 4.81. The first-order valence-corrected chi connectivity index (χ1v) is 8.75. The molecule has 7 nitrogen and oxygen atoms in total. The highest BCUT2D eigenvalue weighted by atomic mass is 32.2. The van der Waals surface area contributed by atoms with E-state index in [4.69, 9.17) is 9.26 Å². The molecular weight excluding hydrogens is 344 g/mol. The highest BCUT2D eigenvalue weighted by Gasteiger charge is 2.35. The number of nitrogens with zero attached hydrogens (tertiary/aromatic N) is 2. The molecular formula is C17H16N2O5S. The number of fused-ring (bicyclic) bond motifs is 1. The molecule has 2 aromatic rings. The largest absolute Gasteiger partial charge is 0.443 e. The van der Waals surface area contributed by atoms with E-state index in [-0.39, 0.29) is 12.5 Å². The second-order valence-electron chi connectivity index (χ2n) is 5.52. The van der Waals surface area contributed by atoms with E-state index in [1.807, 2.05) is 13.8 Å². The van der Waals surface area contributed by atoms with Crippen LogP contribution in [0.3, 0.4) is 0 Å². The maximum absolute atomic E-state index is 12.2. The van der Waals surface area contributed by atoms with E-state index < -0.39 is 17.8 Å². The number of esters is 1. The summed E-state index contributed by atoms with van der Waals surface area (Å²) in [5, 5.41) is 3.85. The van der Waals surface area contributed by atoms with Gasteiger partial charge in [-0.2, -0.15) is 0 Å². The fourth-order valence-electron chi connectivity index (χ4n) is 2.48. The van der Waals surface area contributed by atoms with Crippen LogP contribution in [0, 0.1) is 13.8 Å². The molecule has 2 amide bonds. The highest BCUT2D eigenvalue weighted by molar-refractivity contribution is 7.99. The van der Waals surface area contributed by atoms with Gasteiger partial charge in [0, 0.05) is 11.3 Å². The van der Waals surface area contributed by atoms with Crippen molar-refractivity contribution in [2.75, 3.05) is 12.5 Å². The molecule has 1 aliphatic rings. The second kappa shape index (κ2) is 7.10. The molecule has 2 heterocycles. The molecule has 1 aliphatic heterocycles. The molecule has 0 bridgehead atoms. The van der Waals surface area contributed by atoms with E-state index >= 15 is 0 Å². The Morgan fingerprint density at radius 3 is 2.40 bits per heavy atom. The van der Waals surface area contributed by atoms with E-state index in [9.17, 15) is 14.4 Å². The Hall–Kier alpha value is -2.61. The molecule has 25 heavy (non-hydrogen) atoms. The lowest BCUT2D eigenvalue weighted by Gasteiger charge is -2.13. The molecule has 130 valence electrons. The van der Waals surface area contributed by atoms with Crippen molar-refractivity contribution in [3.63, 3.8) is 0 Å². The van der Waals surface area contributed by atoms with E-state index in [1.165, 1.54) is 11.8 Å². The summed E-state index contributed by atoms with van der Waals surface area (Å²) in [5.41, 5.74) is 2.41. The Bertz CT molecular complexity index is 791. The van der Waals surface area contributed by atoms with Gasteiger partial charge in [0.1, 0.15) is 5.76 Å². The monoisotopic (exact) mass is 360 g/mol. The van der Waals surface area contributed by atoms with Gasteiger partial charge in [-0.1, -0.05) is 17.3 Å². The van der Waals surface area contributed by atoms with Crippen LogP contribution in [0.5, 0.6) is 0 Å². The van der Waals surface area contributed by atoms with Crippen LogP contribution in [0.1, 0.15) is 37.7 Å². The van der Waals surface area contributed by atoms with Crippen LogP contribution in [0.2, 0.25) is 0 Å². The molecule has 1 aromatic carbocycles. The zero-order valence-electron chi connectivity index (χ0n) is 13.8. The van der Waals surface area contributed by atoms with Crippen molar-refractivity contribution in [1.29, 1.82) is 0 Å². The Morgan fingerprint density at radius 2 is 1.84 bits per heavy atom. The Labute approximate surface area is 148 Å².